The van der Waals surface area contributed by atoms with Crippen molar-refractivity contribution in [3.05, 3.63) is 64.1 Å². The summed E-state index contributed by atoms with van der Waals surface area (Å²) in [5.41, 5.74) is 1.63. The van der Waals surface area contributed by atoms with Crippen LogP contribution in [-0.2, 0) is 16.0 Å². The van der Waals surface area contributed by atoms with E-state index in [1.54, 1.807) is 29.2 Å². The highest BCUT2D eigenvalue weighted by Gasteiger charge is 2.12. The molecule has 0 unspecified atom stereocenters. The van der Waals surface area contributed by atoms with Crippen LogP contribution in [0.25, 0.3) is 0 Å². The third kappa shape index (κ3) is 6.40. The van der Waals surface area contributed by atoms with E-state index in [9.17, 15) is 9.59 Å². The molecular weight excluding hydrogens is 359 g/mol. The Labute approximate surface area is 157 Å². The Bertz CT molecular complexity index is 750. The lowest BCUT2D eigenvalue weighted by Gasteiger charge is -2.21. The molecule has 0 saturated carbocycles. The molecule has 25 heavy (non-hydrogen) atoms. The van der Waals surface area contributed by atoms with Crippen molar-refractivity contribution in [3.63, 3.8) is 0 Å². The van der Waals surface area contributed by atoms with Crippen LogP contribution in [0, 0.1) is 0 Å². The fourth-order valence-electron chi connectivity index (χ4n) is 2.40. The van der Waals surface area contributed by atoms with Gasteiger partial charge in [-0.15, -0.1) is 0 Å². The SMILES string of the molecule is CC(=O)N(CCC(=O)Nc1ccccc1Cl)CCc1cccc(Cl)c1. The number of hydrogen-bond donors (Lipinski definition) is 1. The topological polar surface area (TPSA) is 49.4 Å². The predicted octanol–water partition coefficient (Wildman–Crippen LogP) is 4.41. The predicted molar refractivity (Wildman–Crippen MR) is 102 cm³/mol. The number of carbonyl (C=O) groups is 2. The minimum absolute atomic E-state index is 0.0624. The van der Waals surface area contributed by atoms with Gasteiger partial charge in [-0.3, -0.25) is 9.59 Å². The molecule has 0 aliphatic heterocycles. The third-order valence-corrected chi connectivity index (χ3v) is 4.33. The van der Waals surface area contributed by atoms with Gasteiger partial charge in [0.05, 0.1) is 10.7 Å². The van der Waals surface area contributed by atoms with Crippen LogP contribution in [0.2, 0.25) is 10.0 Å². The first kappa shape index (κ1) is 19.3. The van der Waals surface area contributed by atoms with Crippen molar-refractivity contribution in [2.45, 2.75) is 19.8 Å². The molecule has 0 aliphatic rings. The number of carbonyl (C=O) groups excluding carboxylic acids is 2. The van der Waals surface area contributed by atoms with E-state index in [0.29, 0.717) is 35.2 Å². The molecule has 2 aromatic rings. The average molecular weight is 379 g/mol. The molecule has 0 saturated heterocycles. The second-order valence-electron chi connectivity index (χ2n) is 5.66. The molecule has 132 valence electrons. The minimum atomic E-state index is -0.179. The van der Waals surface area contributed by atoms with E-state index in [4.69, 9.17) is 23.2 Å². The standard InChI is InChI=1S/C19H20Cl2N2O2/c1-14(24)23(11-9-15-5-4-6-16(20)13-15)12-10-19(25)22-18-8-3-2-7-17(18)21/h2-8,13H,9-12H2,1H3,(H,22,25). The first-order valence-electron chi connectivity index (χ1n) is 8.00. The van der Waals surface area contributed by atoms with E-state index in [1.807, 2.05) is 24.3 Å². The molecule has 6 heteroatoms. The zero-order valence-corrected chi connectivity index (χ0v) is 15.5. The van der Waals surface area contributed by atoms with Gasteiger partial charge in [-0.2, -0.15) is 0 Å². The molecular formula is C19H20Cl2N2O2. The Morgan fingerprint density at radius 2 is 1.80 bits per heavy atom. The van der Waals surface area contributed by atoms with E-state index in [-0.39, 0.29) is 18.2 Å². The Kier molecular flexibility index (Phi) is 7.29. The molecule has 0 aromatic heterocycles. The minimum Gasteiger partial charge on any atom is -0.342 e. The summed E-state index contributed by atoms with van der Waals surface area (Å²) in [5.74, 6) is -0.241. The van der Waals surface area contributed by atoms with Crippen molar-refractivity contribution in [1.29, 1.82) is 0 Å². The monoisotopic (exact) mass is 378 g/mol. The molecule has 0 spiro atoms. The summed E-state index contributed by atoms with van der Waals surface area (Å²) in [4.78, 5) is 25.5. The Morgan fingerprint density at radius 1 is 1.04 bits per heavy atom. The van der Waals surface area contributed by atoms with Gasteiger partial charge < -0.3 is 10.2 Å². The molecule has 0 heterocycles. The number of benzene rings is 2. The highest BCUT2D eigenvalue weighted by atomic mass is 35.5. The summed E-state index contributed by atoms with van der Waals surface area (Å²) in [6.45, 7) is 2.39. The van der Waals surface area contributed by atoms with Crippen molar-refractivity contribution in [1.82, 2.24) is 4.90 Å². The molecule has 4 nitrogen and oxygen atoms in total. The number of anilines is 1. The summed E-state index contributed by atoms with van der Waals surface area (Å²) in [6.07, 6.45) is 0.895. The van der Waals surface area contributed by atoms with Crippen LogP contribution in [0.15, 0.2) is 48.5 Å². The smallest absolute Gasteiger partial charge is 0.226 e. The van der Waals surface area contributed by atoms with Crippen LogP contribution in [0.1, 0.15) is 18.9 Å². The van der Waals surface area contributed by atoms with E-state index in [1.165, 1.54) is 6.92 Å². The van der Waals surface area contributed by atoms with Crippen LogP contribution >= 0.6 is 23.2 Å². The summed E-state index contributed by atoms with van der Waals surface area (Å²) < 4.78 is 0. The summed E-state index contributed by atoms with van der Waals surface area (Å²) in [6, 6.07) is 14.6. The van der Waals surface area contributed by atoms with Gasteiger partial charge in [-0.25, -0.2) is 0 Å². The third-order valence-electron chi connectivity index (χ3n) is 3.76. The van der Waals surface area contributed by atoms with Gasteiger partial charge in [0.15, 0.2) is 0 Å². The van der Waals surface area contributed by atoms with Crippen LogP contribution in [-0.4, -0.2) is 29.8 Å². The van der Waals surface area contributed by atoms with Crippen molar-refractivity contribution < 1.29 is 9.59 Å². The number of nitrogens with one attached hydrogen (secondary N) is 1. The Morgan fingerprint density at radius 3 is 2.48 bits per heavy atom. The molecule has 0 radical (unpaired) electrons. The van der Waals surface area contributed by atoms with Gasteiger partial charge >= 0.3 is 0 Å². The van der Waals surface area contributed by atoms with E-state index in [2.05, 4.69) is 5.32 Å². The van der Waals surface area contributed by atoms with E-state index < -0.39 is 0 Å². The Balaban J connectivity index is 1.85. The fraction of sp³-hybridized carbons (Fsp3) is 0.263. The zero-order valence-electron chi connectivity index (χ0n) is 14.0. The lowest BCUT2D eigenvalue weighted by atomic mass is 10.1. The van der Waals surface area contributed by atoms with E-state index >= 15 is 0 Å². The molecule has 0 aliphatic carbocycles. The van der Waals surface area contributed by atoms with Gasteiger partial charge in [-0.1, -0.05) is 47.5 Å². The van der Waals surface area contributed by atoms with Crippen molar-refractivity contribution in [2.75, 3.05) is 18.4 Å². The van der Waals surface area contributed by atoms with Crippen molar-refractivity contribution >= 4 is 40.7 Å². The number of amides is 2. The average Bonchev–Trinajstić information content (AvgIpc) is 2.56. The van der Waals surface area contributed by atoms with Crippen molar-refractivity contribution in [2.24, 2.45) is 0 Å². The molecule has 2 amide bonds. The first-order valence-corrected chi connectivity index (χ1v) is 8.75. The largest absolute Gasteiger partial charge is 0.342 e. The number of rotatable bonds is 7. The highest BCUT2D eigenvalue weighted by Crippen LogP contribution is 2.20. The summed E-state index contributed by atoms with van der Waals surface area (Å²) in [5, 5.41) is 3.92. The molecule has 0 atom stereocenters. The molecule has 2 rings (SSSR count). The summed E-state index contributed by atoms with van der Waals surface area (Å²) >= 11 is 12.0. The number of halogens is 2. The second kappa shape index (κ2) is 9.44. The van der Waals surface area contributed by atoms with Crippen LogP contribution in [0.4, 0.5) is 5.69 Å². The van der Waals surface area contributed by atoms with Crippen molar-refractivity contribution in [3.8, 4) is 0 Å². The quantitative estimate of drug-likeness (QED) is 0.775. The fourth-order valence-corrected chi connectivity index (χ4v) is 2.79. The van der Waals surface area contributed by atoms with Gasteiger partial charge in [-0.05, 0) is 36.2 Å². The Hall–Kier alpha value is -2.04. The number of hydrogen-bond acceptors (Lipinski definition) is 2. The zero-order chi connectivity index (χ0) is 18.2. The maximum Gasteiger partial charge on any atom is 0.226 e. The number of nitrogens with zero attached hydrogens (tertiary/aromatic N) is 1. The number of para-hydroxylation sites is 1. The maximum absolute atomic E-state index is 12.1. The van der Waals surface area contributed by atoms with Crippen LogP contribution in [0.5, 0.6) is 0 Å². The molecule has 0 bridgehead atoms. The van der Waals surface area contributed by atoms with Crippen LogP contribution in [0.3, 0.4) is 0 Å². The lowest BCUT2D eigenvalue weighted by molar-refractivity contribution is -0.129. The molecule has 0 fully saturated rings. The molecule has 2 aromatic carbocycles. The lowest BCUT2D eigenvalue weighted by Crippen LogP contribution is -2.33. The van der Waals surface area contributed by atoms with Gasteiger partial charge in [0.1, 0.15) is 0 Å². The van der Waals surface area contributed by atoms with Gasteiger partial charge in [0, 0.05) is 31.5 Å². The van der Waals surface area contributed by atoms with E-state index in [0.717, 1.165) is 5.56 Å². The normalized spacial score (nSPS) is 10.4. The maximum atomic E-state index is 12.1. The van der Waals surface area contributed by atoms with Gasteiger partial charge in [0.2, 0.25) is 11.8 Å². The molecule has 1 N–H and O–H groups in total. The van der Waals surface area contributed by atoms with Crippen LogP contribution < -0.4 is 5.32 Å². The first-order chi connectivity index (χ1) is 12.0. The highest BCUT2D eigenvalue weighted by molar-refractivity contribution is 6.33. The van der Waals surface area contributed by atoms with Gasteiger partial charge in [0.25, 0.3) is 0 Å². The summed E-state index contributed by atoms with van der Waals surface area (Å²) in [7, 11) is 0. The second-order valence-corrected chi connectivity index (χ2v) is 6.51.